The van der Waals surface area contributed by atoms with Crippen LogP contribution in [0.25, 0.3) is 0 Å². The zero-order valence-corrected chi connectivity index (χ0v) is 10.3. The second kappa shape index (κ2) is 4.19. The topological polar surface area (TPSA) is 29.1 Å². The second-order valence-corrected chi connectivity index (χ2v) is 5.57. The van der Waals surface area contributed by atoms with Gasteiger partial charge in [-0.2, -0.15) is 0 Å². The van der Waals surface area contributed by atoms with E-state index in [0.717, 1.165) is 18.9 Å². The van der Waals surface area contributed by atoms with Crippen molar-refractivity contribution in [2.45, 2.75) is 19.3 Å². The number of halogens is 3. The molecule has 1 aromatic carbocycles. The predicted molar refractivity (Wildman–Crippen MR) is 64.3 cm³/mol. The number of amides is 1. The third kappa shape index (κ3) is 2.09. The number of nitrogens with one attached hydrogen (secondary N) is 1. The number of anilines is 1. The van der Waals surface area contributed by atoms with Gasteiger partial charge in [-0.1, -0.05) is 11.6 Å². The van der Waals surface area contributed by atoms with Crippen LogP contribution in [-0.2, 0) is 4.79 Å². The summed E-state index contributed by atoms with van der Waals surface area (Å²) in [6.07, 6.45) is 2.96. The first-order valence-corrected chi connectivity index (χ1v) is 6.38. The molecule has 2 fully saturated rings. The zero-order chi connectivity index (χ0) is 12.9. The summed E-state index contributed by atoms with van der Waals surface area (Å²) >= 11 is 5.73. The molecule has 3 rings (SSSR count). The predicted octanol–water partition coefficient (Wildman–Crippen LogP) is 3.60. The molecule has 0 aromatic heterocycles. The maximum Gasteiger partial charge on any atom is 0.227 e. The van der Waals surface area contributed by atoms with E-state index in [1.165, 1.54) is 6.42 Å². The fourth-order valence-electron chi connectivity index (χ4n) is 2.82. The molecule has 1 N–H and O–H groups in total. The van der Waals surface area contributed by atoms with Gasteiger partial charge in [0.25, 0.3) is 0 Å². The third-order valence-corrected chi connectivity index (χ3v) is 4.17. The lowest BCUT2D eigenvalue weighted by Crippen LogP contribution is -2.22. The van der Waals surface area contributed by atoms with Crippen molar-refractivity contribution < 1.29 is 13.6 Å². The molecule has 2 nitrogen and oxygen atoms in total. The van der Waals surface area contributed by atoms with Crippen LogP contribution in [0.15, 0.2) is 12.1 Å². The Morgan fingerprint density at radius 1 is 1.22 bits per heavy atom. The van der Waals surface area contributed by atoms with Crippen LogP contribution in [-0.4, -0.2) is 5.91 Å². The number of benzene rings is 1. The Hall–Kier alpha value is -1.16. The molecule has 0 spiro atoms. The third-order valence-electron chi connectivity index (χ3n) is 3.87. The van der Waals surface area contributed by atoms with Gasteiger partial charge in [0.05, 0.1) is 10.7 Å². The second-order valence-electron chi connectivity index (χ2n) is 5.16. The Kier molecular flexibility index (Phi) is 2.77. The highest BCUT2D eigenvalue weighted by Crippen LogP contribution is 2.54. The molecule has 0 saturated heterocycles. The van der Waals surface area contributed by atoms with Gasteiger partial charge in [-0.05, 0) is 37.2 Å². The fourth-order valence-corrected chi connectivity index (χ4v) is 3.06. The molecule has 0 aliphatic heterocycles. The Labute approximate surface area is 108 Å². The summed E-state index contributed by atoms with van der Waals surface area (Å²) in [6.45, 7) is 0. The lowest BCUT2D eigenvalue weighted by Gasteiger charge is -2.13. The first-order valence-electron chi connectivity index (χ1n) is 6.00. The van der Waals surface area contributed by atoms with Crippen molar-refractivity contribution in [2.24, 2.45) is 17.8 Å². The van der Waals surface area contributed by atoms with E-state index in [1.54, 1.807) is 0 Å². The largest absolute Gasteiger partial charge is 0.322 e. The summed E-state index contributed by atoms with van der Waals surface area (Å²) < 4.78 is 26.4. The lowest BCUT2D eigenvalue weighted by molar-refractivity contribution is -0.120. The van der Waals surface area contributed by atoms with Gasteiger partial charge in [-0.3, -0.25) is 4.79 Å². The van der Waals surface area contributed by atoms with Gasteiger partial charge >= 0.3 is 0 Å². The SMILES string of the molecule is O=C(Nc1c(F)cc(F)cc1Cl)C1CC2CC2C1. The summed E-state index contributed by atoms with van der Waals surface area (Å²) in [5, 5.41) is 2.37. The number of carbonyl (C=O) groups is 1. The highest BCUT2D eigenvalue weighted by molar-refractivity contribution is 6.33. The molecule has 0 heterocycles. The van der Waals surface area contributed by atoms with Crippen molar-refractivity contribution in [1.29, 1.82) is 0 Å². The van der Waals surface area contributed by atoms with Gasteiger partial charge in [0.15, 0.2) is 5.82 Å². The summed E-state index contributed by atoms with van der Waals surface area (Å²) in [5.74, 6) is -0.512. The number of rotatable bonds is 2. The first kappa shape index (κ1) is 11.9. The average molecular weight is 272 g/mol. The molecule has 5 heteroatoms. The van der Waals surface area contributed by atoms with Crippen molar-refractivity contribution in [3.63, 3.8) is 0 Å². The highest BCUT2D eigenvalue weighted by Gasteiger charge is 2.48. The molecule has 2 aliphatic carbocycles. The Morgan fingerprint density at radius 2 is 1.89 bits per heavy atom. The van der Waals surface area contributed by atoms with Crippen LogP contribution in [0, 0.1) is 29.4 Å². The van der Waals surface area contributed by atoms with E-state index in [2.05, 4.69) is 5.32 Å². The number of fused-ring (bicyclic) bond motifs is 1. The lowest BCUT2D eigenvalue weighted by atomic mass is 10.0. The van der Waals surface area contributed by atoms with Crippen LogP contribution in [0.4, 0.5) is 14.5 Å². The maximum atomic E-state index is 13.5. The average Bonchev–Trinajstić information content (AvgIpc) is 2.90. The van der Waals surface area contributed by atoms with Crippen molar-refractivity contribution in [3.05, 3.63) is 28.8 Å². The molecule has 2 atom stereocenters. The van der Waals surface area contributed by atoms with E-state index in [4.69, 9.17) is 11.6 Å². The van der Waals surface area contributed by atoms with Crippen LogP contribution in [0.2, 0.25) is 5.02 Å². The van der Waals surface area contributed by atoms with Gasteiger partial charge in [0, 0.05) is 12.0 Å². The van der Waals surface area contributed by atoms with E-state index >= 15 is 0 Å². The van der Waals surface area contributed by atoms with Crippen LogP contribution < -0.4 is 5.32 Å². The molecule has 1 amide bonds. The minimum Gasteiger partial charge on any atom is -0.322 e. The molecule has 2 unspecified atom stereocenters. The summed E-state index contributed by atoms with van der Waals surface area (Å²) in [7, 11) is 0. The van der Waals surface area contributed by atoms with E-state index in [9.17, 15) is 13.6 Å². The molecule has 2 aliphatic rings. The normalized spacial score (nSPS) is 28.9. The van der Waals surface area contributed by atoms with Crippen molar-refractivity contribution in [2.75, 3.05) is 5.32 Å². The minimum atomic E-state index is -0.837. The molecule has 96 valence electrons. The van der Waals surface area contributed by atoms with Crippen molar-refractivity contribution in [1.82, 2.24) is 0 Å². The molecule has 18 heavy (non-hydrogen) atoms. The standard InChI is InChI=1S/C13H12ClF2NO/c14-10-4-9(15)5-11(16)12(10)17-13(18)8-2-6-1-7(6)3-8/h4-8H,1-3H2,(H,17,18). The van der Waals surface area contributed by atoms with E-state index in [1.807, 2.05) is 0 Å². The Bertz CT molecular complexity index is 487. The zero-order valence-electron chi connectivity index (χ0n) is 9.55. The molecular formula is C13H12ClF2NO. The van der Waals surface area contributed by atoms with Gasteiger partial charge in [-0.15, -0.1) is 0 Å². The van der Waals surface area contributed by atoms with Crippen LogP contribution in [0.1, 0.15) is 19.3 Å². The van der Waals surface area contributed by atoms with Crippen molar-refractivity contribution in [3.8, 4) is 0 Å². The fraction of sp³-hybridized carbons (Fsp3) is 0.462. The summed E-state index contributed by atoms with van der Waals surface area (Å²) in [4.78, 5) is 11.9. The quantitative estimate of drug-likeness (QED) is 0.875. The Balaban J connectivity index is 1.74. The van der Waals surface area contributed by atoms with E-state index < -0.39 is 11.6 Å². The van der Waals surface area contributed by atoms with Gasteiger partial charge < -0.3 is 5.32 Å². The molecular weight excluding hydrogens is 260 g/mol. The van der Waals surface area contributed by atoms with Crippen LogP contribution in [0.5, 0.6) is 0 Å². The van der Waals surface area contributed by atoms with E-state index in [0.29, 0.717) is 17.9 Å². The van der Waals surface area contributed by atoms with E-state index in [-0.39, 0.29) is 22.5 Å². The molecule has 0 radical (unpaired) electrons. The van der Waals surface area contributed by atoms with Gasteiger partial charge in [0.1, 0.15) is 5.82 Å². The van der Waals surface area contributed by atoms with Gasteiger partial charge in [-0.25, -0.2) is 8.78 Å². The number of hydrogen-bond donors (Lipinski definition) is 1. The number of hydrogen-bond acceptors (Lipinski definition) is 1. The smallest absolute Gasteiger partial charge is 0.227 e. The summed E-state index contributed by atoms with van der Waals surface area (Å²) in [6, 6.07) is 1.71. The van der Waals surface area contributed by atoms with Crippen LogP contribution >= 0.6 is 11.6 Å². The molecule has 0 bridgehead atoms. The highest BCUT2D eigenvalue weighted by atomic mass is 35.5. The minimum absolute atomic E-state index is 0.0609. The monoisotopic (exact) mass is 271 g/mol. The number of carbonyl (C=O) groups excluding carboxylic acids is 1. The summed E-state index contributed by atoms with van der Waals surface area (Å²) in [5.41, 5.74) is -0.122. The van der Waals surface area contributed by atoms with Crippen LogP contribution in [0.3, 0.4) is 0 Å². The van der Waals surface area contributed by atoms with Gasteiger partial charge in [0.2, 0.25) is 5.91 Å². The Morgan fingerprint density at radius 3 is 2.50 bits per heavy atom. The van der Waals surface area contributed by atoms with Crippen molar-refractivity contribution >= 4 is 23.2 Å². The molecule has 1 aromatic rings. The maximum absolute atomic E-state index is 13.5. The first-order chi connectivity index (χ1) is 8.54. The molecule has 2 saturated carbocycles.